The number of rotatable bonds is 4. The summed E-state index contributed by atoms with van der Waals surface area (Å²) in [6.45, 7) is 4.53. The van der Waals surface area contributed by atoms with Crippen LogP contribution in [0.25, 0.3) is 0 Å². The van der Waals surface area contributed by atoms with Crippen molar-refractivity contribution in [2.24, 2.45) is 0 Å². The Morgan fingerprint density at radius 1 is 1.30 bits per heavy atom. The fourth-order valence-electron chi connectivity index (χ4n) is 2.64. The second-order valence-corrected chi connectivity index (χ2v) is 5.28. The SMILES string of the molecule is CCCC1NC(=O)CCN(C(C)c2ccccc2)C1=O. The summed E-state index contributed by atoms with van der Waals surface area (Å²) in [4.78, 5) is 26.2. The van der Waals surface area contributed by atoms with Crippen molar-refractivity contribution in [1.82, 2.24) is 10.2 Å². The molecule has 1 saturated heterocycles. The number of nitrogens with one attached hydrogen (secondary N) is 1. The molecule has 1 fully saturated rings. The lowest BCUT2D eigenvalue weighted by Gasteiger charge is -2.30. The predicted molar refractivity (Wildman–Crippen MR) is 78.0 cm³/mol. The van der Waals surface area contributed by atoms with Gasteiger partial charge >= 0.3 is 0 Å². The van der Waals surface area contributed by atoms with Gasteiger partial charge in [-0.1, -0.05) is 43.7 Å². The van der Waals surface area contributed by atoms with E-state index in [1.165, 1.54) is 0 Å². The number of hydrogen-bond donors (Lipinski definition) is 1. The summed E-state index contributed by atoms with van der Waals surface area (Å²) in [5.41, 5.74) is 1.10. The van der Waals surface area contributed by atoms with Crippen LogP contribution < -0.4 is 5.32 Å². The van der Waals surface area contributed by atoms with E-state index in [1.54, 1.807) is 0 Å². The zero-order valence-electron chi connectivity index (χ0n) is 12.1. The minimum Gasteiger partial charge on any atom is -0.344 e. The summed E-state index contributed by atoms with van der Waals surface area (Å²) in [5.74, 6) is 0.00798. The number of hydrogen-bond acceptors (Lipinski definition) is 2. The van der Waals surface area contributed by atoms with E-state index in [0.29, 0.717) is 19.4 Å². The smallest absolute Gasteiger partial charge is 0.245 e. The van der Waals surface area contributed by atoms with Gasteiger partial charge < -0.3 is 10.2 Å². The minimum atomic E-state index is -0.374. The molecule has 0 aromatic heterocycles. The highest BCUT2D eigenvalue weighted by Gasteiger charge is 2.32. The van der Waals surface area contributed by atoms with Crippen molar-refractivity contribution in [3.63, 3.8) is 0 Å². The molecule has 1 N–H and O–H groups in total. The van der Waals surface area contributed by atoms with Crippen molar-refractivity contribution in [3.8, 4) is 0 Å². The Morgan fingerprint density at radius 2 is 2.00 bits per heavy atom. The van der Waals surface area contributed by atoms with E-state index < -0.39 is 0 Å². The van der Waals surface area contributed by atoms with E-state index in [0.717, 1.165) is 12.0 Å². The molecule has 1 aromatic carbocycles. The molecule has 2 rings (SSSR count). The summed E-state index contributed by atoms with van der Waals surface area (Å²) in [7, 11) is 0. The van der Waals surface area contributed by atoms with Crippen LogP contribution in [-0.2, 0) is 9.59 Å². The van der Waals surface area contributed by atoms with Gasteiger partial charge in [-0.05, 0) is 18.9 Å². The Balaban J connectivity index is 2.20. The number of carbonyl (C=O) groups is 2. The van der Waals surface area contributed by atoms with Gasteiger partial charge in [0.1, 0.15) is 6.04 Å². The zero-order valence-corrected chi connectivity index (χ0v) is 12.1. The monoisotopic (exact) mass is 274 g/mol. The Hall–Kier alpha value is -1.84. The van der Waals surface area contributed by atoms with Gasteiger partial charge in [0.25, 0.3) is 0 Å². The molecule has 2 atom stereocenters. The second kappa shape index (κ2) is 6.55. The molecular formula is C16H22N2O2. The molecule has 1 aromatic rings. The molecule has 0 spiro atoms. The molecular weight excluding hydrogens is 252 g/mol. The number of benzene rings is 1. The Kier molecular flexibility index (Phi) is 4.77. The van der Waals surface area contributed by atoms with E-state index in [9.17, 15) is 9.59 Å². The van der Waals surface area contributed by atoms with Crippen molar-refractivity contribution >= 4 is 11.8 Å². The lowest BCUT2D eigenvalue weighted by molar-refractivity contribution is -0.135. The van der Waals surface area contributed by atoms with E-state index in [-0.39, 0.29) is 23.9 Å². The molecule has 20 heavy (non-hydrogen) atoms. The first kappa shape index (κ1) is 14.6. The summed E-state index contributed by atoms with van der Waals surface area (Å²) >= 11 is 0. The van der Waals surface area contributed by atoms with Crippen molar-refractivity contribution in [2.45, 2.75) is 45.2 Å². The fourth-order valence-corrected chi connectivity index (χ4v) is 2.64. The van der Waals surface area contributed by atoms with Gasteiger partial charge in [0.2, 0.25) is 11.8 Å². The van der Waals surface area contributed by atoms with Crippen LogP contribution in [0.1, 0.15) is 44.7 Å². The maximum absolute atomic E-state index is 12.6. The van der Waals surface area contributed by atoms with Gasteiger partial charge in [-0.3, -0.25) is 9.59 Å². The van der Waals surface area contributed by atoms with Gasteiger partial charge in [-0.25, -0.2) is 0 Å². The van der Waals surface area contributed by atoms with Crippen molar-refractivity contribution < 1.29 is 9.59 Å². The predicted octanol–water partition coefficient (Wildman–Crippen LogP) is 2.26. The maximum Gasteiger partial charge on any atom is 0.245 e. The molecule has 1 aliphatic rings. The van der Waals surface area contributed by atoms with Gasteiger partial charge in [-0.2, -0.15) is 0 Å². The summed E-state index contributed by atoms with van der Waals surface area (Å²) in [5, 5.41) is 2.84. The topological polar surface area (TPSA) is 49.4 Å². The highest BCUT2D eigenvalue weighted by Crippen LogP contribution is 2.23. The summed E-state index contributed by atoms with van der Waals surface area (Å²) < 4.78 is 0. The lowest BCUT2D eigenvalue weighted by Crippen LogP contribution is -2.45. The van der Waals surface area contributed by atoms with E-state index in [4.69, 9.17) is 0 Å². The molecule has 0 radical (unpaired) electrons. The van der Waals surface area contributed by atoms with Crippen LogP contribution in [0.4, 0.5) is 0 Å². The molecule has 2 unspecified atom stereocenters. The lowest BCUT2D eigenvalue weighted by atomic mass is 10.0. The van der Waals surface area contributed by atoms with E-state index >= 15 is 0 Å². The Labute approximate surface area is 120 Å². The molecule has 1 aliphatic heterocycles. The van der Waals surface area contributed by atoms with Crippen molar-refractivity contribution in [2.75, 3.05) is 6.54 Å². The van der Waals surface area contributed by atoms with Crippen molar-refractivity contribution in [1.29, 1.82) is 0 Å². The zero-order chi connectivity index (χ0) is 14.5. The average molecular weight is 274 g/mol. The molecule has 0 bridgehead atoms. The summed E-state index contributed by atoms with van der Waals surface area (Å²) in [6, 6.07) is 9.57. The third-order valence-corrected chi connectivity index (χ3v) is 3.82. The molecule has 4 heteroatoms. The molecule has 0 aliphatic carbocycles. The molecule has 4 nitrogen and oxygen atoms in total. The highest BCUT2D eigenvalue weighted by molar-refractivity contribution is 5.90. The third-order valence-electron chi connectivity index (χ3n) is 3.82. The van der Waals surface area contributed by atoms with Crippen molar-refractivity contribution in [3.05, 3.63) is 35.9 Å². The van der Waals surface area contributed by atoms with E-state index in [1.807, 2.05) is 49.1 Å². The van der Waals surface area contributed by atoms with Crippen LogP contribution in [-0.4, -0.2) is 29.3 Å². The van der Waals surface area contributed by atoms with Gasteiger partial charge in [0.15, 0.2) is 0 Å². The number of carbonyl (C=O) groups excluding carboxylic acids is 2. The second-order valence-electron chi connectivity index (χ2n) is 5.28. The quantitative estimate of drug-likeness (QED) is 0.915. The minimum absolute atomic E-state index is 0.00393. The average Bonchev–Trinajstić information content (AvgIpc) is 2.60. The molecule has 1 heterocycles. The van der Waals surface area contributed by atoms with Crippen LogP contribution >= 0.6 is 0 Å². The first-order valence-corrected chi connectivity index (χ1v) is 7.28. The largest absolute Gasteiger partial charge is 0.344 e. The molecule has 2 amide bonds. The maximum atomic E-state index is 12.6. The van der Waals surface area contributed by atoms with Crippen LogP contribution in [0.3, 0.4) is 0 Å². The van der Waals surface area contributed by atoms with Crippen LogP contribution in [0.2, 0.25) is 0 Å². The number of nitrogens with zero attached hydrogens (tertiary/aromatic N) is 1. The first-order chi connectivity index (χ1) is 9.63. The Bertz CT molecular complexity index is 473. The normalized spacial score (nSPS) is 21.3. The van der Waals surface area contributed by atoms with Crippen LogP contribution in [0, 0.1) is 0 Å². The fraction of sp³-hybridized carbons (Fsp3) is 0.500. The van der Waals surface area contributed by atoms with Gasteiger partial charge in [0, 0.05) is 13.0 Å². The van der Waals surface area contributed by atoms with Gasteiger partial charge in [0.05, 0.1) is 6.04 Å². The van der Waals surface area contributed by atoms with Crippen LogP contribution in [0.5, 0.6) is 0 Å². The number of amides is 2. The standard InChI is InChI=1S/C16H22N2O2/c1-3-7-14-16(20)18(11-10-15(19)17-14)12(2)13-8-5-4-6-9-13/h4-6,8-9,12,14H,3,7,10-11H2,1-2H3,(H,17,19). The highest BCUT2D eigenvalue weighted by atomic mass is 16.2. The molecule has 0 saturated carbocycles. The van der Waals surface area contributed by atoms with Crippen LogP contribution in [0.15, 0.2) is 30.3 Å². The third kappa shape index (κ3) is 3.18. The first-order valence-electron chi connectivity index (χ1n) is 7.28. The van der Waals surface area contributed by atoms with Gasteiger partial charge in [-0.15, -0.1) is 0 Å². The molecule has 108 valence electrons. The Morgan fingerprint density at radius 3 is 2.65 bits per heavy atom. The summed E-state index contributed by atoms with van der Waals surface area (Å²) in [6.07, 6.45) is 1.95. The van der Waals surface area contributed by atoms with E-state index in [2.05, 4.69) is 5.32 Å².